The number of halogens is 2. The summed E-state index contributed by atoms with van der Waals surface area (Å²) in [5.74, 6) is -0.626. The van der Waals surface area contributed by atoms with E-state index in [1.807, 2.05) is 18.2 Å². The van der Waals surface area contributed by atoms with Gasteiger partial charge in [-0.05, 0) is 30.2 Å². The van der Waals surface area contributed by atoms with Gasteiger partial charge in [-0.2, -0.15) is 0 Å². The van der Waals surface area contributed by atoms with Crippen LogP contribution in [0.25, 0.3) is 11.0 Å². The number of rotatable bonds is 6. The molecule has 1 aliphatic rings. The molecule has 8 heteroatoms. The Morgan fingerprint density at radius 2 is 1.96 bits per heavy atom. The molecule has 1 saturated heterocycles. The second-order valence-electron chi connectivity index (χ2n) is 6.49. The van der Waals surface area contributed by atoms with Gasteiger partial charge in [0.25, 0.3) is 5.24 Å². The Bertz CT molecular complexity index is 1070. The fraction of sp³-hybridized carbons (Fsp3) is 0.200. The highest BCUT2D eigenvalue weighted by atomic mass is 35.5. The number of carbonyl (C=O) groups is 2. The highest BCUT2D eigenvalue weighted by molar-refractivity contribution is 8.15. The molecule has 3 aromatic rings. The number of carbonyl (C=O) groups excluding carboxylic acids is 2. The van der Waals surface area contributed by atoms with E-state index in [4.69, 9.17) is 16.0 Å². The molecule has 1 atom stereocenters. The molecule has 0 bridgehead atoms. The van der Waals surface area contributed by atoms with Crippen molar-refractivity contribution in [3.8, 4) is 0 Å². The summed E-state index contributed by atoms with van der Waals surface area (Å²) in [7, 11) is 0. The van der Waals surface area contributed by atoms with Crippen LogP contribution in [0.2, 0.25) is 5.02 Å². The van der Waals surface area contributed by atoms with Gasteiger partial charge in [0.2, 0.25) is 5.91 Å². The van der Waals surface area contributed by atoms with Crippen LogP contribution in [0.4, 0.5) is 9.18 Å². The largest absolute Gasteiger partial charge is 0.464 e. The fourth-order valence-electron chi connectivity index (χ4n) is 3.19. The van der Waals surface area contributed by atoms with Crippen molar-refractivity contribution >= 4 is 45.5 Å². The normalized spacial score (nSPS) is 16.7. The molecule has 0 radical (unpaired) electrons. The van der Waals surface area contributed by atoms with Crippen LogP contribution in [-0.2, 0) is 24.3 Å². The smallest absolute Gasteiger partial charge is 0.286 e. The summed E-state index contributed by atoms with van der Waals surface area (Å²) in [4.78, 5) is 23.0. The molecule has 1 unspecified atom stereocenters. The van der Waals surface area contributed by atoms with E-state index in [1.54, 1.807) is 18.4 Å². The Kier molecular flexibility index (Phi) is 5.39. The number of thioether (sulfide) groups is 1. The van der Waals surface area contributed by atoms with Gasteiger partial charge in [-0.1, -0.05) is 41.6 Å². The van der Waals surface area contributed by atoms with Crippen LogP contribution >= 0.6 is 23.4 Å². The van der Waals surface area contributed by atoms with Gasteiger partial charge >= 0.3 is 0 Å². The molecule has 28 heavy (non-hydrogen) atoms. The molecule has 1 aliphatic heterocycles. The number of fused-ring (bicyclic) bond motifs is 1. The number of hydrogen-bond acceptors (Lipinski definition) is 5. The molecule has 0 aliphatic carbocycles. The summed E-state index contributed by atoms with van der Waals surface area (Å²) in [6.45, 7) is 0.799. The first-order valence-electron chi connectivity index (χ1n) is 8.65. The number of benzene rings is 2. The van der Waals surface area contributed by atoms with Gasteiger partial charge in [0.15, 0.2) is 0 Å². The van der Waals surface area contributed by atoms with Crippen molar-refractivity contribution in [2.75, 3.05) is 0 Å². The summed E-state index contributed by atoms with van der Waals surface area (Å²) in [5, 5.41) is 6.13. The summed E-state index contributed by atoms with van der Waals surface area (Å²) in [6.07, 6.45) is 1.96. The molecule has 5 nitrogen and oxygen atoms in total. The van der Waals surface area contributed by atoms with Crippen LogP contribution < -0.4 is 10.6 Å². The first-order chi connectivity index (χ1) is 13.5. The van der Waals surface area contributed by atoms with E-state index in [0.29, 0.717) is 35.7 Å². The van der Waals surface area contributed by atoms with Crippen LogP contribution in [0.1, 0.15) is 16.7 Å². The van der Waals surface area contributed by atoms with Gasteiger partial charge in [-0.15, -0.1) is 0 Å². The highest BCUT2D eigenvalue weighted by Gasteiger charge is 2.31. The topological polar surface area (TPSA) is 71.3 Å². The van der Waals surface area contributed by atoms with E-state index in [2.05, 4.69) is 10.6 Å². The highest BCUT2D eigenvalue weighted by Crippen LogP contribution is 2.28. The molecule has 0 spiro atoms. The Hall–Kier alpha value is -2.35. The maximum atomic E-state index is 14.2. The third-order valence-electron chi connectivity index (χ3n) is 4.57. The Morgan fingerprint density at radius 1 is 1.14 bits per heavy atom. The van der Waals surface area contributed by atoms with Gasteiger partial charge < -0.3 is 9.73 Å². The maximum absolute atomic E-state index is 14.2. The second kappa shape index (κ2) is 7.95. The van der Waals surface area contributed by atoms with Crippen LogP contribution in [-0.4, -0.2) is 16.4 Å². The second-order valence-corrected chi connectivity index (χ2v) is 8.07. The molecule has 2 amide bonds. The summed E-state index contributed by atoms with van der Waals surface area (Å²) >= 11 is 7.11. The first-order valence-corrected chi connectivity index (χ1v) is 9.91. The van der Waals surface area contributed by atoms with E-state index in [9.17, 15) is 14.0 Å². The summed E-state index contributed by atoms with van der Waals surface area (Å²) < 4.78 is 19.7. The summed E-state index contributed by atoms with van der Waals surface area (Å²) in [5.41, 5.74) is 2.94. The third-order valence-corrected chi connectivity index (χ3v) is 5.89. The minimum atomic E-state index is -0.472. The molecule has 2 N–H and O–H groups in total. The van der Waals surface area contributed by atoms with Crippen LogP contribution in [0, 0.1) is 5.82 Å². The van der Waals surface area contributed by atoms with Gasteiger partial charge in [0.05, 0.1) is 16.5 Å². The Balaban J connectivity index is 1.43. The van der Waals surface area contributed by atoms with E-state index in [0.717, 1.165) is 28.3 Å². The van der Waals surface area contributed by atoms with Crippen molar-refractivity contribution in [3.63, 3.8) is 0 Å². The van der Waals surface area contributed by atoms with E-state index in [-0.39, 0.29) is 17.0 Å². The number of amides is 2. The number of nitrogens with one attached hydrogen (secondary N) is 2. The van der Waals surface area contributed by atoms with Crippen molar-refractivity contribution in [3.05, 3.63) is 70.2 Å². The lowest BCUT2D eigenvalue weighted by Crippen LogP contribution is -2.25. The van der Waals surface area contributed by atoms with Crippen LogP contribution in [0.5, 0.6) is 0 Å². The van der Waals surface area contributed by atoms with Crippen molar-refractivity contribution in [2.45, 2.75) is 24.8 Å². The van der Waals surface area contributed by atoms with Gasteiger partial charge in [-0.3, -0.25) is 14.9 Å². The lowest BCUT2D eigenvalue weighted by Gasteiger charge is -2.10. The van der Waals surface area contributed by atoms with E-state index >= 15 is 0 Å². The number of imide groups is 1. The molecule has 144 valence electrons. The van der Waals surface area contributed by atoms with E-state index in [1.165, 1.54) is 6.07 Å². The quantitative estimate of drug-likeness (QED) is 0.620. The Morgan fingerprint density at radius 3 is 2.75 bits per heavy atom. The lowest BCUT2D eigenvalue weighted by molar-refractivity contribution is -0.118. The standard InChI is InChI=1S/C20H16ClFN2O3S/c21-15-3-2-12(18-14(15)5-6-27-18)9-23-10-13-7-11(1-4-16(13)22)8-17-19(25)24-20(26)28-17/h1-7,17,23H,8-10H2,(H,24,25,26). The minimum absolute atomic E-state index is 0.302. The molecular weight excluding hydrogens is 403 g/mol. The Labute approximate surface area is 169 Å². The van der Waals surface area contributed by atoms with Crippen molar-refractivity contribution < 1.29 is 18.4 Å². The molecule has 2 aromatic carbocycles. The SMILES string of the molecule is O=C1NC(=O)C(Cc2ccc(F)c(CNCc3ccc(Cl)c4ccoc34)c2)S1. The zero-order valence-electron chi connectivity index (χ0n) is 14.6. The van der Waals surface area contributed by atoms with Gasteiger partial charge in [-0.25, -0.2) is 4.39 Å². The van der Waals surface area contributed by atoms with Gasteiger partial charge in [0.1, 0.15) is 11.4 Å². The van der Waals surface area contributed by atoms with Crippen molar-refractivity contribution in [1.82, 2.24) is 10.6 Å². The molecule has 1 fully saturated rings. The maximum Gasteiger partial charge on any atom is 0.286 e. The van der Waals surface area contributed by atoms with Gasteiger partial charge in [0, 0.05) is 29.6 Å². The summed E-state index contributed by atoms with van der Waals surface area (Å²) in [6, 6.07) is 10.2. The van der Waals surface area contributed by atoms with Crippen molar-refractivity contribution in [1.29, 1.82) is 0 Å². The lowest BCUT2D eigenvalue weighted by atomic mass is 10.0. The van der Waals surface area contributed by atoms with Crippen molar-refractivity contribution in [2.24, 2.45) is 0 Å². The fourth-order valence-corrected chi connectivity index (χ4v) is 4.26. The molecule has 0 saturated carbocycles. The monoisotopic (exact) mass is 418 g/mol. The first kappa shape index (κ1) is 19.0. The molecule has 4 rings (SSSR count). The number of furan rings is 1. The van der Waals surface area contributed by atoms with Crippen LogP contribution in [0.15, 0.2) is 47.1 Å². The van der Waals surface area contributed by atoms with E-state index < -0.39 is 5.25 Å². The predicted molar refractivity (Wildman–Crippen MR) is 107 cm³/mol. The molecular formula is C20H16ClFN2O3S. The minimum Gasteiger partial charge on any atom is -0.464 e. The van der Waals surface area contributed by atoms with Crippen LogP contribution in [0.3, 0.4) is 0 Å². The number of hydrogen-bond donors (Lipinski definition) is 2. The third kappa shape index (κ3) is 3.92. The zero-order chi connectivity index (χ0) is 19.7. The zero-order valence-corrected chi connectivity index (χ0v) is 16.2. The molecule has 2 heterocycles. The predicted octanol–water partition coefficient (Wildman–Crippen LogP) is 4.41. The molecule has 1 aromatic heterocycles. The average molecular weight is 419 g/mol. The average Bonchev–Trinajstić information content (AvgIpc) is 3.27.